The normalized spacial score (nSPS) is 11.3. The van der Waals surface area contributed by atoms with Crippen molar-refractivity contribution in [2.45, 2.75) is 0 Å². The Morgan fingerprint density at radius 3 is 1.60 bits per heavy atom. The highest BCUT2D eigenvalue weighted by Crippen LogP contribution is 2.44. The zero-order valence-electron chi connectivity index (χ0n) is 30.1. The number of benzene rings is 9. The summed E-state index contributed by atoms with van der Waals surface area (Å²) in [5.41, 5.74) is 12.9. The average Bonchev–Trinajstić information content (AvgIpc) is 3.63. The minimum atomic E-state index is 0.873. The Hall–Kier alpha value is -7.36. The van der Waals surface area contributed by atoms with Crippen molar-refractivity contribution < 1.29 is 4.42 Å². The summed E-state index contributed by atoms with van der Waals surface area (Å²) in [6.45, 7) is 0. The standard InChI is InChI=1S/C52H36N2O/c1-4-15-39(16-5-1)49-35-41(27-33-50(49)54(43-20-8-3-9-21-43)45-30-26-37-14-10-11-17-40(37)34-45)38-24-28-44(29-25-38)53(42-18-6-2-7-19-42)46-31-32-48-47-22-12-13-23-51(47)55-52(48)36-46/h1-36H. The second kappa shape index (κ2) is 13.9. The van der Waals surface area contributed by atoms with Crippen LogP contribution < -0.4 is 9.80 Å². The third-order valence-corrected chi connectivity index (χ3v) is 10.4. The van der Waals surface area contributed by atoms with Crippen molar-refractivity contribution in [3.05, 3.63) is 218 Å². The molecule has 3 heteroatoms. The van der Waals surface area contributed by atoms with Crippen molar-refractivity contribution in [2.75, 3.05) is 9.80 Å². The minimum Gasteiger partial charge on any atom is -0.456 e. The summed E-state index contributed by atoms with van der Waals surface area (Å²) < 4.78 is 6.31. The number of furan rings is 1. The predicted octanol–water partition coefficient (Wildman–Crippen LogP) is 15.0. The van der Waals surface area contributed by atoms with Crippen LogP contribution in [0.3, 0.4) is 0 Å². The highest BCUT2D eigenvalue weighted by atomic mass is 16.3. The first kappa shape index (κ1) is 32.3. The van der Waals surface area contributed by atoms with Crippen LogP contribution in [0.25, 0.3) is 55.0 Å². The van der Waals surface area contributed by atoms with Gasteiger partial charge in [-0.05, 0) is 106 Å². The summed E-state index contributed by atoms with van der Waals surface area (Å²) in [5, 5.41) is 4.68. The first-order valence-electron chi connectivity index (χ1n) is 18.7. The van der Waals surface area contributed by atoms with Crippen LogP contribution in [0.2, 0.25) is 0 Å². The van der Waals surface area contributed by atoms with Crippen LogP contribution in [-0.4, -0.2) is 0 Å². The molecule has 0 fully saturated rings. The van der Waals surface area contributed by atoms with Crippen molar-refractivity contribution in [1.29, 1.82) is 0 Å². The van der Waals surface area contributed by atoms with Crippen LogP contribution in [0.15, 0.2) is 223 Å². The molecule has 1 aromatic heterocycles. The van der Waals surface area contributed by atoms with E-state index in [1.54, 1.807) is 0 Å². The van der Waals surface area contributed by atoms with Crippen LogP contribution in [0.1, 0.15) is 0 Å². The Morgan fingerprint density at radius 1 is 0.291 bits per heavy atom. The summed E-state index contributed by atoms with van der Waals surface area (Å²) in [7, 11) is 0. The zero-order chi connectivity index (χ0) is 36.6. The molecule has 0 aliphatic heterocycles. The second-order valence-corrected chi connectivity index (χ2v) is 13.8. The molecular weight excluding hydrogens is 669 g/mol. The second-order valence-electron chi connectivity index (χ2n) is 13.8. The Labute approximate surface area is 320 Å². The number of nitrogens with zero attached hydrogens (tertiary/aromatic N) is 2. The summed E-state index contributed by atoms with van der Waals surface area (Å²) in [4.78, 5) is 4.66. The monoisotopic (exact) mass is 704 g/mol. The van der Waals surface area contributed by atoms with Gasteiger partial charge in [-0.1, -0.05) is 133 Å². The molecule has 0 aliphatic carbocycles. The van der Waals surface area contributed by atoms with Crippen LogP contribution in [0, 0.1) is 0 Å². The molecule has 9 aromatic carbocycles. The number of fused-ring (bicyclic) bond motifs is 4. The van der Waals surface area contributed by atoms with E-state index in [4.69, 9.17) is 4.42 Å². The fourth-order valence-corrected chi connectivity index (χ4v) is 7.76. The van der Waals surface area contributed by atoms with Gasteiger partial charge in [-0.15, -0.1) is 0 Å². The molecular formula is C52H36N2O. The van der Waals surface area contributed by atoms with Crippen molar-refractivity contribution in [1.82, 2.24) is 0 Å². The van der Waals surface area contributed by atoms with E-state index in [0.29, 0.717) is 0 Å². The number of para-hydroxylation sites is 3. The third-order valence-electron chi connectivity index (χ3n) is 10.4. The molecule has 0 atom stereocenters. The molecule has 10 aromatic rings. The SMILES string of the molecule is c1ccc(-c2cc(-c3ccc(N(c4ccccc4)c4ccc5c(c4)oc4ccccc45)cc3)ccc2N(c2ccccc2)c2ccc3ccccc3c2)cc1. The van der Waals surface area contributed by atoms with Crippen molar-refractivity contribution in [3.63, 3.8) is 0 Å². The third kappa shape index (κ3) is 6.08. The van der Waals surface area contributed by atoms with Crippen molar-refractivity contribution in [2.24, 2.45) is 0 Å². The molecule has 0 saturated heterocycles. The molecule has 0 saturated carbocycles. The lowest BCUT2D eigenvalue weighted by Gasteiger charge is -2.29. The molecule has 0 radical (unpaired) electrons. The molecule has 0 bridgehead atoms. The van der Waals surface area contributed by atoms with Gasteiger partial charge in [0.2, 0.25) is 0 Å². The predicted molar refractivity (Wildman–Crippen MR) is 231 cm³/mol. The molecule has 0 aliphatic rings. The van der Waals surface area contributed by atoms with E-state index >= 15 is 0 Å². The smallest absolute Gasteiger partial charge is 0.137 e. The molecule has 0 spiro atoms. The zero-order valence-corrected chi connectivity index (χ0v) is 30.1. The highest BCUT2D eigenvalue weighted by Gasteiger charge is 2.20. The largest absolute Gasteiger partial charge is 0.456 e. The Balaban J connectivity index is 1.07. The van der Waals surface area contributed by atoms with E-state index in [2.05, 4.69) is 216 Å². The van der Waals surface area contributed by atoms with E-state index in [1.807, 2.05) is 12.1 Å². The van der Waals surface area contributed by atoms with Gasteiger partial charge in [0.15, 0.2) is 0 Å². The fraction of sp³-hybridized carbons (Fsp3) is 0. The van der Waals surface area contributed by atoms with E-state index < -0.39 is 0 Å². The Morgan fingerprint density at radius 2 is 0.836 bits per heavy atom. The van der Waals surface area contributed by atoms with Crippen LogP contribution >= 0.6 is 0 Å². The van der Waals surface area contributed by atoms with Crippen LogP contribution in [0.4, 0.5) is 34.1 Å². The molecule has 3 nitrogen and oxygen atoms in total. The van der Waals surface area contributed by atoms with Gasteiger partial charge in [-0.2, -0.15) is 0 Å². The first-order chi connectivity index (χ1) is 27.3. The lowest BCUT2D eigenvalue weighted by atomic mass is 9.96. The summed E-state index contributed by atoms with van der Waals surface area (Å²) in [6, 6.07) is 77.6. The fourth-order valence-electron chi connectivity index (χ4n) is 7.76. The van der Waals surface area contributed by atoms with Crippen LogP contribution in [0.5, 0.6) is 0 Å². The van der Waals surface area contributed by atoms with E-state index in [9.17, 15) is 0 Å². The van der Waals surface area contributed by atoms with Gasteiger partial charge in [-0.3, -0.25) is 0 Å². The molecule has 55 heavy (non-hydrogen) atoms. The van der Waals surface area contributed by atoms with Gasteiger partial charge in [0.25, 0.3) is 0 Å². The topological polar surface area (TPSA) is 19.6 Å². The molecule has 1 heterocycles. The molecule has 10 rings (SSSR count). The maximum Gasteiger partial charge on any atom is 0.137 e. The maximum atomic E-state index is 6.31. The van der Waals surface area contributed by atoms with Gasteiger partial charge >= 0.3 is 0 Å². The molecule has 0 N–H and O–H groups in total. The summed E-state index contributed by atoms with van der Waals surface area (Å²) in [5.74, 6) is 0. The van der Waals surface area contributed by atoms with Gasteiger partial charge in [0.1, 0.15) is 11.2 Å². The minimum absolute atomic E-state index is 0.873. The van der Waals surface area contributed by atoms with Crippen molar-refractivity contribution in [3.8, 4) is 22.3 Å². The highest BCUT2D eigenvalue weighted by molar-refractivity contribution is 6.06. The van der Waals surface area contributed by atoms with Gasteiger partial charge in [-0.25, -0.2) is 0 Å². The quantitative estimate of drug-likeness (QED) is 0.157. The van der Waals surface area contributed by atoms with Gasteiger partial charge in [0.05, 0.1) is 5.69 Å². The Kier molecular flexibility index (Phi) is 8.16. The van der Waals surface area contributed by atoms with Crippen LogP contribution in [-0.2, 0) is 0 Å². The number of anilines is 6. The number of hydrogen-bond acceptors (Lipinski definition) is 3. The van der Waals surface area contributed by atoms with E-state index in [0.717, 1.165) is 78.3 Å². The lowest BCUT2D eigenvalue weighted by Crippen LogP contribution is -2.11. The van der Waals surface area contributed by atoms with E-state index in [1.165, 1.54) is 10.8 Å². The van der Waals surface area contributed by atoms with Crippen molar-refractivity contribution >= 4 is 66.8 Å². The molecule has 0 unspecified atom stereocenters. The summed E-state index contributed by atoms with van der Waals surface area (Å²) >= 11 is 0. The summed E-state index contributed by atoms with van der Waals surface area (Å²) in [6.07, 6.45) is 0. The maximum absolute atomic E-state index is 6.31. The lowest BCUT2D eigenvalue weighted by molar-refractivity contribution is 0.669. The average molecular weight is 705 g/mol. The van der Waals surface area contributed by atoms with Gasteiger partial charge < -0.3 is 14.2 Å². The molecule has 0 amide bonds. The number of rotatable bonds is 8. The van der Waals surface area contributed by atoms with E-state index in [-0.39, 0.29) is 0 Å². The van der Waals surface area contributed by atoms with Gasteiger partial charge in [0, 0.05) is 50.8 Å². The molecule has 260 valence electrons. The Bertz CT molecular complexity index is 2920. The first-order valence-corrected chi connectivity index (χ1v) is 18.7. The number of hydrogen-bond donors (Lipinski definition) is 0.